The molecule has 1 N–H and O–H groups in total. The number of benzene rings is 1. The first-order valence-corrected chi connectivity index (χ1v) is 5.33. The Bertz CT molecular complexity index is 459. The Morgan fingerprint density at radius 3 is 3.12 bits per heavy atom. The largest absolute Gasteiger partial charge is 0.481 e. The number of rotatable bonds is 4. The van der Waals surface area contributed by atoms with Gasteiger partial charge in [-0.25, -0.2) is 9.38 Å². The zero-order chi connectivity index (χ0) is 12.3. The van der Waals surface area contributed by atoms with Crippen molar-refractivity contribution in [1.29, 1.82) is 0 Å². The molecule has 0 aliphatic carbocycles. The van der Waals surface area contributed by atoms with Gasteiger partial charge in [0, 0.05) is 12.0 Å². The van der Waals surface area contributed by atoms with E-state index in [1.54, 1.807) is 12.1 Å². The summed E-state index contributed by atoms with van der Waals surface area (Å²) in [7, 11) is 0. The van der Waals surface area contributed by atoms with Crippen molar-refractivity contribution >= 4 is 11.9 Å². The van der Waals surface area contributed by atoms with Gasteiger partial charge in [-0.05, 0) is 24.6 Å². The fourth-order valence-electron chi connectivity index (χ4n) is 1.63. The number of aliphatic imine (C=N–C) groups is 1. The van der Waals surface area contributed by atoms with Crippen LogP contribution in [0.2, 0.25) is 0 Å². The summed E-state index contributed by atoms with van der Waals surface area (Å²) in [4.78, 5) is 14.6. The fourth-order valence-corrected chi connectivity index (χ4v) is 1.63. The predicted molar refractivity (Wildman–Crippen MR) is 59.5 cm³/mol. The molecule has 90 valence electrons. The first kappa shape index (κ1) is 11.6. The Balaban J connectivity index is 2.03. The average Bonchev–Trinajstić information content (AvgIpc) is 2.75. The molecule has 0 bridgehead atoms. The maximum Gasteiger partial charge on any atom is 0.303 e. The van der Waals surface area contributed by atoms with Crippen LogP contribution in [-0.2, 0) is 9.53 Å². The molecule has 0 saturated heterocycles. The Morgan fingerprint density at radius 1 is 1.59 bits per heavy atom. The lowest BCUT2D eigenvalue weighted by Crippen LogP contribution is -2.08. The number of aliphatic carboxylic acids is 1. The number of carboxylic acids is 1. The van der Waals surface area contributed by atoms with E-state index < -0.39 is 5.97 Å². The highest BCUT2D eigenvalue weighted by Gasteiger charge is 2.20. The quantitative estimate of drug-likeness (QED) is 0.869. The molecule has 1 heterocycles. The van der Waals surface area contributed by atoms with Crippen molar-refractivity contribution in [2.75, 3.05) is 6.61 Å². The summed E-state index contributed by atoms with van der Waals surface area (Å²) < 4.78 is 18.3. The molecule has 0 amide bonds. The molecule has 0 spiro atoms. The Hall–Kier alpha value is -1.91. The van der Waals surface area contributed by atoms with E-state index in [9.17, 15) is 9.18 Å². The highest BCUT2D eigenvalue weighted by molar-refractivity contribution is 5.95. The molecule has 1 unspecified atom stereocenters. The van der Waals surface area contributed by atoms with Crippen molar-refractivity contribution in [2.24, 2.45) is 4.99 Å². The van der Waals surface area contributed by atoms with E-state index in [1.807, 2.05) is 0 Å². The Kier molecular flexibility index (Phi) is 3.37. The Labute approximate surface area is 97.7 Å². The highest BCUT2D eigenvalue weighted by atomic mass is 19.1. The summed E-state index contributed by atoms with van der Waals surface area (Å²) in [6.45, 7) is 0.360. The summed E-state index contributed by atoms with van der Waals surface area (Å²) >= 11 is 0. The van der Waals surface area contributed by atoms with Crippen molar-refractivity contribution in [3.63, 3.8) is 0 Å². The fraction of sp³-hybridized carbons (Fsp3) is 0.333. The molecular formula is C12H12FNO3. The third kappa shape index (κ3) is 3.03. The lowest BCUT2D eigenvalue weighted by molar-refractivity contribution is -0.137. The minimum absolute atomic E-state index is 0.0634. The van der Waals surface area contributed by atoms with Gasteiger partial charge in [-0.2, -0.15) is 0 Å². The molecule has 0 fully saturated rings. The standard InChI is InChI=1S/C12H12FNO3/c13-9-3-1-2-8(6-9)12-14-10(7-17-12)4-5-11(15)16/h1-3,6,10H,4-5,7H2,(H,15,16). The number of halogens is 1. The summed E-state index contributed by atoms with van der Waals surface area (Å²) in [6.07, 6.45) is 0.502. The number of nitrogens with zero attached hydrogens (tertiary/aromatic N) is 1. The molecule has 0 radical (unpaired) electrons. The van der Waals surface area contributed by atoms with E-state index in [2.05, 4.69) is 4.99 Å². The number of hydrogen-bond acceptors (Lipinski definition) is 3. The molecule has 0 aromatic heterocycles. The van der Waals surface area contributed by atoms with E-state index in [4.69, 9.17) is 9.84 Å². The molecule has 2 rings (SSSR count). The van der Waals surface area contributed by atoms with Crippen molar-refractivity contribution in [3.05, 3.63) is 35.6 Å². The maximum atomic E-state index is 13.0. The zero-order valence-electron chi connectivity index (χ0n) is 9.10. The van der Waals surface area contributed by atoms with Crippen LogP contribution in [-0.4, -0.2) is 29.6 Å². The Morgan fingerprint density at radius 2 is 2.41 bits per heavy atom. The van der Waals surface area contributed by atoms with Gasteiger partial charge in [0.05, 0.1) is 6.04 Å². The van der Waals surface area contributed by atoms with E-state index in [1.165, 1.54) is 12.1 Å². The van der Waals surface area contributed by atoms with Gasteiger partial charge < -0.3 is 9.84 Å². The molecule has 1 aliphatic rings. The van der Waals surface area contributed by atoms with Crippen molar-refractivity contribution in [2.45, 2.75) is 18.9 Å². The van der Waals surface area contributed by atoms with Gasteiger partial charge in [0.25, 0.3) is 0 Å². The summed E-state index contributed by atoms with van der Waals surface area (Å²) in [5.74, 6) is -0.804. The third-order valence-electron chi connectivity index (χ3n) is 2.48. The van der Waals surface area contributed by atoms with Crippen LogP contribution in [0.1, 0.15) is 18.4 Å². The molecule has 17 heavy (non-hydrogen) atoms. The second kappa shape index (κ2) is 4.95. The van der Waals surface area contributed by atoms with Gasteiger partial charge in [-0.1, -0.05) is 6.07 Å². The van der Waals surface area contributed by atoms with Gasteiger partial charge in [-0.3, -0.25) is 4.79 Å². The van der Waals surface area contributed by atoms with Crippen LogP contribution in [0.25, 0.3) is 0 Å². The molecule has 1 aliphatic heterocycles. The van der Waals surface area contributed by atoms with Gasteiger partial charge >= 0.3 is 5.97 Å². The first-order chi connectivity index (χ1) is 8.15. The summed E-state index contributed by atoms with van der Waals surface area (Å²) in [5, 5.41) is 8.55. The molecule has 1 atom stereocenters. The van der Waals surface area contributed by atoms with Crippen LogP contribution in [0.3, 0.4) is 0 Å². The van der Waals surface area contributed by atoms with Crippen LogP contribution in [0.4, 0.5) is 4.39 Å². The molecule has 4 nitrogen and oxygen atoms in total. The van der Waals surface area contributed by atoms with Crippen LogP contribution in [0, 0.1) is 5.82 Å². The summed E-state index contributed by atoms with van der Waals surface area (Å²) in [5.41, 5.74) is 0.586. The van der Waals surface area contributed by atoms with Crippen LogP contribution < -0.4 is 0 Å². The molecule has 5 heteroatoms. The van der Waals surface area contributed by atoms with Crippen LogP contribution in [0.5, 0.6) is 0 Å². The number of carboxylic acid groups (broad SMARTS) is 1. The SMILES string of the molecule is O=C(O)CCC1COC(c2cccc(F)c2)=N1. The van der Waals surface area contributed by atoms with Crippen molar-refractivity contribution in [1.82, 2.24) is 0 Å². The third-order valence-corrected chi connectivity index (χ3v) is 2.48. The van der Waals surface area contributed by atoms with Crippen molar-refractivity contribution in [3.8, 4) is 0 Å². The van der Waals surface area contributed by atoms with E-state index in [0.717, 1.165) is 0 Å². The van der Waals surface area contributed by atoms with Crippen molar-refractivity contribution < 1.29 is 19.0 Å². The number of ether oxygens (including phenoxy) is 1. The molecule has 1 aromatic carbocycles. The summed E-state index contributed by atoms with van der Waals surface area (Å²) in [6, 6.07) is 5.84. The lowest BCUT2D eigenvalue weighted by atomic mass is 10.2. The maximum absolute atomic E-state index is 13.0. The lowest BCUT2D eigenvalue weighted by Gasteiger charge is -2.01. The zero-order valence-corrected chi connectivity index (χ0v) is 9.10. The smallest absolute Gasteiger partial charge is 0.303 e. The van der Waals surface area contributed by atoms with Crippen LogP contribution >= 0.6 is 0 Å². The van der Waals surface area contributed by atoms with Crippen LogP contribution in [0.15, 0.2) is 29.3 Å². The number of carbonyl (C=O) groups is 1. The normalized spacial score (nSPS) is 18.6. The minimum atomic E-state index is -0.848. The van der Waals surface area contributed by atoms with Gasteiger partial charge in [-0.15, -0.1) is 0 Å². The average molecular weight is 237 g/mol. The first-order valence-electron chi connectivity index (χ1n) is 5.33. The molecular weight excluding hydrogens is 225 g/mol. The van der Waals surface area contributed by atoms with E-state index in [-0.39, 0.29) is 18.3 Å². The molecule has 1 aromatic rings. The second-order valence-corrected chi connectivity index (χ2v) is 3.84. The monoisotopic (exact) mass is 237 g/mol. The number of hydrogen-bond donors (Lipinski definition) is 1. The highest BCUT2D eigenvalue weighted by Crippen LogP contribution is 2.16. The van der Waals surface area contributed by atoms with E-state index >= 15 is 0 Å². The van der Waals surface area contributed by atoms with Gasteiger partial charge in [0.15, 0.2) is 0 Å². The second-order valence-electron chi connectivity index (χ2n) is 3.84. The van der Waals surface area contributed by atoms with E-state index in [0.29, 0.717) is 24.5 Å². The van der Waals surface area contributed by atoms with Gasteiger partial charge in [0.1, 0.15) is 12.4 Å². The topological polar surface area (TPSA) is 58.9 Å². The predicted octanol–water partition coefficient (Wildman–Crippen LogP) is 1.84. The molecule has 0 saturated carbocycles. The minimum Gasteiger partial charge on any atom is -0.481 e. The van der Waals surface area contributed by atoms with Gasteiger partial charge in [0.2, 0.25) is 5.90 Å².